The van der Waals surface area contributed by atoms with Crippen LogP contribution in [0.15, 0.2) is 95.7 Å². The predicted octanol–water partition coefficient (Wildman–Crippen LogP) is 16.3. The molecule has 254 valence electrons. The fraction of sp³-hybridized carbons (Fsp3) is 0.628. The van der Waals surface area contributed by atoms with E-state index in [1.807, 2.05) is 72.8 Å². The molecule has 0 amide bonds. The highest BCUT2D eigenvalue weighted by Gasteiger charge is 2.15. The Labute approximate surface area is 276 Å². The lowest BCUT2D eigenvalue weighted by molar-refractivity contribution is 0.286. The van der Waals surface area contributed by atoms with Gasteiger partial charge in [0.1, 0.15) is 0 Å². The first-order chi connectivity index (χ1) is 20.3. The van der Waals surface area contributed by atoms with Gasteiger partial charge < -0.3 is 0 Å². The number of unbranched alkanes of at least 4 members (excludes halogenated alkanes) is 5. The minimum Gasteiger partial charge on any atom is -0.103 e. The summed E-state index contributed by atoms with van der Waals surface area (Å²) in [7, 11) is 0. The molecular weight excluding hydrogens is 516 g/mol. The first kappa shape index (κ1) is 53.5. The zero-order chi connectivity index (χ0) is 35.4. The zero-order valence-corrected chi connectivity index (χ0v) is 33.1. The van der Waals surface area contributed by atoms with Crippen LogP contribution in [0.4, 0.5) is 0 Å². The van der Waals surface area contributed by atoms with Gasteiger partial charge >= 0.3 is 0 Å². The Balaban J connectivity index is -0.000000123. The molecule has 43 heavy (non-hydrogen) atoms. The Morgan fingerprint density at radius 2 is 1.07 bits per heavy atom. The van der Waals surface area contributed by atoms with Crippen molar-refractivity contribution in [3.8, 4) is 0 Å². The van der Waals surface area contributed by atoms with E-state index in [-0.39, 0.29) is 0 Å². The van der Waals surface area contributed by atoms with E-state index in [9.17, 15) is 0 Å². The highest BCUT2D eigenvalue weighted by molar-refractivity contribution is 5.60. The third-order valence-electron chi connectivity index (χ3n) is 7.23. The SMILES string of the molecule is C=C/C=C(/C(=C)C(/C=C\C(=C)C)=C(C)C)C(C)=C(C)C.C=CCCCCCCC.CC.CC.CC.CCC(C)(CC)CC. The summed E-state index contributed by atoms with van der Waals surface area (Å²) in [4.78, 5) is 0. The number of hydrogen-bond acceptors (Lipinski definition) is 0. The monoisotopic (exact) mass is 599 g/mol. The molecule has 0 bridgehead atoms. The highest BCUT2D eigenvalue weighted by atomic mass is 14.2. The Morgan fingerprint density at radius 3 is 1.35 bits per heavy atom. The minimum atomic E-state index is 0.625. The molecule has 0 heterocycles. The van der Waals surface area contributed by atoms with Crippen molar-refractivity contribution in [3.05, 3.63) is 95.7 Å². The van der Waals surface area contributed by atoms with Crippen LogP contribution in [0.1, 0.15) is 175 Å². The van der Waals surface area contributed by atoms with Crippen LogP contribution in [-0.4, -0.2) is 0 Å². The van der Waals surface area contributed by atoms with Crippen LogP contribution in [0.5, 0.6) is 0 Å². The van der Waals surface area contributed by atoms with E-state index in [0.29, 0.717) is 5.41 Å². The van der Waals surface area contributed by atoms with Crippen LogP contribution in [0, 0.1) is 5.41 Å². The fourth-order valence-electron chi connectivity index (χ4n) is 3.42. The molecular formula is C43H82. The van der Waals surface area contributed by atoms with Gasteiger partial charge in [0, 0.05) is 0 Å². The summed E-state index contributed by atoms with van der Waals surface area (Å²) in [5.41, 5.74) is 8.76. The lowest BCUT2D eigenvalue weighted by atomic mass is 9.82. The maximum atomic E-state index is 4.29. The maximum Gasteiger partial charge on any atom is -0.0156 e. The summed E-state index contributed by atoms with van der Waals surface area (Å²) < 4.78 is 0. The summed E-state index contributed by atoms with van der Waals surface area (Å²) in [6.07, 6.45) is 22.0. The summed E-state index contributed by atoms with van der Waals surface area (Å²) >= 11 is 0. The maximum absolute atomic E-state index is 4.29. The summed E-state index contributed by atoms with van der Waals surface area (Å²) in [6.45, 7) is 51.7. The summed E-state index contributed by atoms with van der Waals surface area (Å²) in [5.74, 6) is 0. The molecule has 0 aliphatic carbocycles. The molecule has 0 aromatic heterocycles. The van der Waals surface area contributed by atoms with Crippen LogP contribution in [0.2, 0.25) is 0 Å². The number of hydrogen-bond donors (Lipinski definition) is 0. The number of allylic oxidation sites excluding steroid dienone is 12. The lowest BCUT2D eigenvalue weighted by Crippen LogP contribution is -2.10. The second-order valence-corrected chi connectivity index (χ2v) is 10.9. The van der Waals surface area contributed by atoms with Crippen LogP contribution < -0.4 is 0 Å². The Morgan fingerprint density at radius 1 is 0.628 bits per heavy atom. The van der Waals surface area contributed by atoms with Crippen molar-refractivity contribution in [1.82, 2.24) is 0 Å². The van der Waals surface area contributed by atoms with Crippen LogP contribution >= 0.6 is 0 Å². The molecule has 0 aliphatic heterocycles. The highest BCUT2D eigenvalue weighted by Crippen LogP contribution is 2.29. The van der Waals surface area contributed by atoms with Crippen LogP contribution in [-0.2, 0) is 0 Å². The third-order valence-corrected chi connectivity index (χ3v) is 7.23. The van der Waals surface area contributed by atoms with E-state index in [1.54, 1.807) is 0 Å². The van der Waals surface area contributed by atoms with Crippen LogP contribution in [0.25, 0.3) is 0 Å². The van der Waals surface area contributed by atoms with Crippen molar-refractivity contribution >= 4 is 0 Å². The number of rotatable bonds is 15. The molecule has 0 aromatic carbocycles. The Bertz CT molecular complexity index is 768. The second-order valence-electron chi connectivity index (χ2n) is 10.9. The van der Waals surface area contributed by atoms with Gasteiger partial charge in [0.05, 0.1) is 0 Å². The van der Waals surface area contributed by atoms with Gasteiger partial charge in [0.15, 0.2) is 0 Å². The van der Waals surface area contributed by atoms with E-state index in [2.05, 4.69) is 102 Å². The van der Waals surface area contributed by atoms with Gasteiger partial charge in [-0.25, -0.2) is 0 Å². The Hall–Kier alpha value is -2.08. The molecule has 0 spiro atoms. The van der Waals surface area contributed by atoms with Crippen molar-refractivity contribution in [2.45, 2.75) is 175 Å². The van der Waals surface area contributed by atoms with E-state index >= 15 is 0 Å². The normalized spacial score (nSPS) is 9.84. The van der Waals surface area contributed by atoms with Crippen LogP contribution in [0.3, 0.4) is 0 Å². The van der Waals surface area contributed by atoms with Gasteiger partial charge in [-0.3, -0.25) is 0 Å². The molecule has 0 atom stereocenters. The zero-order valence-electron chi connectivity index (χ0n) is 33.1. The second kappa shape index (κ2) is 39.9. The van der Waals surface area contributed by atoms with E-state index in [4.69, 9.17) is 0 Å². The first-order valence-electron chi connectivity index (χ1n) is 17.6. The Kier molecular flexibility index (Phi) is 49.6. The van der Waals surface area contributed by atoms with Crippen molar-refractivity contribution in [2.75, 3.05) is 0 Å². The van der Waals surface area contributed by atoms with E-state index in [0.717, 1.165) is 22.3 Å². The molecule has 0 unspecified atom stereocenters. The fourth-order valence-corrected chi connectivity index (χ4v) is 3.42. The van der Waals surface area contributed by atoms with Crippen molar-refractivity contribution in [2.24, 2.45) is 5.41 Å². The minimum absolute atomic E-state index is 0.625. The molecule has 0 nitrogen and oxygen atoms in total. The quantitative estimate of drug-likeness (QED) is 0.0999. The van der Waals surface area contributed by atoms with Gasteiger partial charge in [-0.1, -0.05) is 188 Å². The lowest BCUT2D eigenvalue weighted by Gasteiger charge is -2.23. The van der Waals surface area contributed by atoms with Crippen molar-refractivity contribution in [3.63, 3.8) is 0 Å². The standard InChI is InChI=1S/C20H28.C9H18.C8H18.3C2H6/c1-10-11-20(17(8)15(4)5)18(9)19(16(6)7)13-12-14(2)3;1-3-5-7-9-8-6-4-2;1-5-8(4,6-2)7-3;3*1-2/h10-13H,1-2,9H2,3-8H3;3H,1,4-9H2,2H3;5-7H2,1-4H3;3*1-2H3/b13-12-,20-11+;;;;;. The molecule has 0 saturated carbocycles. The van der Waals surface area contributed by atoms with Crippen molar-refractivity contribution < 1.29 is 0 Å². The summed E-state index contributed by atoms with van der Waals surface area (Å²) in [6, 6.07) is 0. The average molecular weight is 599 g/mol. The van der Waals surface area contributed by atoms with Crippen molar-refractivity contribution in [1.29, 1.82) is 0 Å². The molecule has 0 N–H and O–H groups in total. The smallest absolute Gasteiger partial charge is 0.0156 e. The van der Waals surface area contributed by atoms with E-state index < -0.39 is 0 Å². The van der Waals surface area contributed by atoms with Gasteiger partial charge in [-0.15, -0.1) is 6.58 Å². The molecule has 0 saturated heterocycles. The first-order valence-corrected chi connectivity index (χ1v) is 17.6. The molecule has 0 aliphatic rings. The van der Waals surface area contributed by atoms with Gasteiger partial charge in [0.2, 0.25) is 0 Å². The summed E-state index contributed by atoms with van der Waals surface area (Å²) in [5, 5.41) is 0. The topological polar surface area (TPSA) is 0 Å². The molecule has 0 radical (unpaired) electrons. The average Bonchev–Trinajstić information content (AvgIpc) is 3.02. The largest absolute Gasteiger partial charge is 0.103 e. The third kappa shape index (κ3) is 34.3. The van der Waals surface area contributed by atoms with Gasteiger partial charge in [-0.2, -0.15) is 0 Å². The molecule has 0 aromatic rings. The van der Waals surface area contributed by atoms with E-state index in [1.165, 1.54) is 74.5 Å². The van der Waals surface area contributed by atoms with Gasteiger partial charge in [-0.05, 0) is 82.1 Å². The molecule has 0 fully saturated rings. The van der Waals surface area contributed by atoms with Gasteiger partial charge in [0.25, 0.3) is 0 Å². The molecule has 0 heteroatoms. The molecule has 0 rings (SSSR count). The predicted molar refractivity (Wildman–Crippen MR) is 210 cm³/mol.